The molecule has 14 heteroatoms. The minimum atomic E-state index is -0.342. The molecule has 2 aromatic heterocycles. The van der Waals surface area contributed by atoms with Gasteiger partial charge in [0.1, 0.15) is 17.9 Å². The lowest BCUT2D eigenvalue weighted by molar-refractivity contribution is -0.125. The van der Waals surface area contributed by atoms with Gasteiger partial charge >= 0.3 is 0 Å². The van der Waals surface area contributed by atoms with Crippen LogP contribution in [0, 0.1) is 0 Å². The van der Waals surface area contributed by atoms with Gasteiger partial charge in [-0.05, 0) is 49.2 Å². The van der Waals surface area contributed by atoms with Crippen molar-refractivity contribution in [2.75, 3.05) is 45.2 Å². The van der Waals surface area contributed by atoms with Crippen molar-refractivity contribution in [2.24, 2.45) is 0 Å². The number of fused-ring (bicyclic) bond motifs is 1. The third-order valence-corrected chi connectivity index (χ3v) is 9.07. The number of hydrogen-bond acceptors (Lipinski definition) is 8. The van der Waals surface area contributed by atoms with Gasteiger partial charge in [0.2, 0.25) is 17.7 Å². The summed E-state index contributed by atoms with van der Waals surface area (Å²) in [6.45, 7) is 4.01. The lowest BCUT2D eigenvalue weighted by atomic mass is 10.0. The number of carbonyl (C=O) groups is 3. The molecule has 4 aromatic rings. The Labute approximate surface area is 289 Å². The Morgan fingerprint density at radius 1 is 1.06 bits per heavy atom. The lowest BCUT2D eigenvalue weighted by Gasteiger charge is -2.31. The van der Waals surface area contributed by atoms with E-state index in [1.807, 2.05) is 34.9 Å². The number of imidazole rings is 1. The first-order valence-electron chi connectivity index (χ1n) is 15.7. The predicted molar refractivity (Wildman–Crippen MR) is 185 cm³/mol. The van der Waals surface area contributed by atoms with Crippen LogP contribution < -0.4 is 25.0 Å². The van der Waals surface area contributed by atoms with Crippen LogP contribution in [0.25, 0.3) is 11.0 Å². The Balaban J connectivity index is 1.19. The Kier molecular flexibility index (Phi) is 11.7. The molecule has 2 N–H and O–H groups in total. The van der Waals surface area contributed by atoms with Gasteiger partial charge in [-0.15, -0.1) is 0 Å². The smallest absolute Gasteiger partial charge is 0.297 e. The topological polar surface area (TPSA) is 131 Å². The van der Waals surface area contributed by atoms with E-state index < -0.39 is 0 Å². The fourth-order valence-electron chi connectivity index (χ4n) is 5.67. The molecule has 2 aromatic carbocycles. The molecule has 254 valence electrons. The lowest BCUT2D eigenvalue weighted by Crippen LogP contribution is -2.45. The van der Waals surface area contributed by atoms with Gasteiger partial charge < -0.3 is 29.9 Å². The zero-order chi connectivity index (χ0) is 34.2. The van der Waals surface area contributed by atoms with Crippen LogP contribution in [0.1, 0.15) is 37.4 Å². The number of nitrogens with one attached hydrogen (secondary N) is 2. The van der Waals surface area contributed by atoms with E-state index in [9.17, 15) is 14.4 Å². The molecule has 5 rings (SSSR count). The number of rotatable bonds is 13. The highest BCUT2D eigenvalue weighted by atomic mass is 35.5. The predicted octanol–water partition coefficient (Wildman–Crippen LogP) is 4.44. The summed E-state index contributed by atoms with van der Waals surface area (Å²) in [5.74, 6) is -0.0770. The normalized spacial score (nSPS) is 13.7. The van der Waals surface area contributed by atoms with Crippen LogP contribution in [0.15, 0.2) is 54.7 Å². The summed E-state index contributed by atoms with van der Waals surface area (Å²) in [4.78, 5) is 49.5. The third kappa shape index (κ3) is 8.55. The van der Waals surface area contributed by atoms with Gasteiger partial charge in [-0.1, -0.05) is 35.3 Å². The Morgan fingerprint density at radius 2 is 1.85 bits per heavy atom. The fraction of sp³-hybridized carbons (Fsp3) is 0.382. The largest absolute Gasteiger partial charge is 0.486 e. The van der Waals surface area contributed by atoms with E-state index in [2.05, 4.69) is 25.5 Å². The van der Waals surface area contributed by atoms with E-state index in [1.54, 1.807) is 38.6 Å². The zero-order valence-corrected chi connectivity index (χ0v) is 28.7. The van der Waals surface area contributed by atoms with Crippen LogP contribution in [0.3, 0.4) is 0 Å². The maximum atomic E-state index is 13.1. The standard InChI is InChI=1S/C34H39Cl2N7O5/c1-22(44)39-23-12-16-42(17-13-23)18-14-30(45)38-19-31(46)41(2)27-11-10-26(35)25(32(27)36)21-48-29-9-6-8-28-33(29)40-34(47-3)43(28)20-24-7-4-5-15-37-24/h4-11,15,23H,12-14,16-21H2,1-3H3,(H,38,45)(H,39,44). The van der Waals surface area contributed by atoms with Crippen molar-refractivity contribution >= 4 is 57.6 Å². The van der Waals surface area contributed by atoms with Crippen molar-refractivity contribution in [1.82, 2.24) is 30.1 Å². The molecule has 3 heterocycles. The van der Waals surface area contributed by atoms with Gasteiger partial charge in [0.25, 0.3) is 6.01 Å². The summed E-state index contributed by atoms with van der Waals surface area (Å²) in [7, 11) is 3.15. The van der Waals surface area contributed by atoms with Crippen LogP contribution in [0.2, 0.25) is 10.0 Å². The number of methoxy groups -OCH3 is 1. The van der Waals surface area contributed by atoms with Crippen LogP contribution in [-0.2, 0) is 27.5 Å². The third-order valence-electron chi connectivity index (χ3n) is 8.30. The molecular formula is C34H39Cl2N7O5. The molecule has 12 nitrogen and oxygen atoms in total. The summed E-state index contributed by atoms with van der Waals surface area (Å²) < 4.78 is 13.7. The number of piperidine rings is 1. The van der Waals surface area contributed by atoms with Crippen molar-refractivity contribution in [3.63, 3.8) is 0 Å². The molecule has 0 spiro atoms. The molecule has 0 saturated carbocycles. The van der Waals surface area contributed by atoms with E-state index in [-0.39, 0.29) is 48.4 Å². The molecule has 1 fully saturated rings. The Hall–Kier alpha value is -4.39. The second-order valence-corrected chi connectivity index (χ2v) is 12.4. The average Bonchev–Trinajstić information content (AvgIpc) is 3.44. The van der Waals surface area contributed by atoms with Crippen molar-refractivity contribution < 1.29 is 23.9 Å². The molecule has 48 heavy (non-hydrogen) atoms. The number of carbonyl (C=O) groups excluding carboxylic acids is 3. The SMILES string of the molecule is COc1nc2c(OCc3c(Cl)ccc(N(C)C(=O)CNC(=O)CCN4CCC(NC(C)=O)CC4)c3Cl)cccc2n1Cc1ccccn1. The highest BCUT2D eigenvalue weighted by Gasteiger charge is 2.22. The first kappa shape index (κ1) is 34.9. The highest BCUT2D eigenvalue weighted by Crippen LogP contribution is 2.36. The molecular weight excluding hydrogens is 657 g/mol. The maximum absolute atomic E-state index is 13.1. The van der Waals surface area contributed by atoms with E-state index in [0.717, 1.165) is 37.1 Å². The van der Waals surface area contributed by atoms with E-state index in [4.69, 9.17) is 32.7 Å². The molecule has 0 radical (unpaired) electrons. The monoisotopic (exact) mass is 695 g/mol. The molecule has 0 bridgehead atoms. The van der Waals surface area contributed by atoms with Crippen molar-refractivity contribution in [2.45, 2.75) is 45.4 Å². The molecule has 0 atom stereocenters. The van der Waals surface area contributed by atoms with Gasteiger partial charge in [0.15, 0.2) is 0 Å². The number of halogens is 2. The van der Waals surface area contributed by atoms with Gasteiger partial charge in [-0.3, -0.25) is 23.9 Å². The van der Waals surface area contributed by atoms with E-state index >= 15 is 0 Å². The molecule has 0 aliphatic carbocycles. The number of aromatic nitrogens is 3. The number of benzene rings is 2. The zero-order valence-electron chi connectivity index (χ0n) is 27.2. The van der Waals surface area contributed by atoms with Crippen LogP contribution in [-0.4, -0.2) is 83.5 Å². The van der Waals surface area contributed by atoms with Crippen LogP contribution >= 0.6 is 23.2 Å². The van der Waals surface area contributed by atoms with Gasteiger partial charge in [0, 0.05) is 62.9 Å². The molecule has 1 aliphatic rings. The minimum absolute atomic E-state index is 0.0147. The van der Waals surface area contributed by atoms with Crippen LogP contribution in [0.5, 0.6) is 11.8 Å². The summed E-state index contributed by atoms with van der Waals surface area (Å²) in [5.41, 5.74) is 3.19. The molecule has 3 amide bonds. The number of likely N-dealkylation sites (N-methyl/N-ethyl adjacent to an activating group) is 1. The summed E-state index contributed by atoms with van der Waals surface area (Å²) in [6.07, 6.45) is 3.70. The van der Waals surface area contributed by atoms with Gasteiger partial charge in [-0.25, -0.2) is 0 Å². The minimum Gasteiger partial charge on any atom is -0.486 e. The number of ether oxygens (including phenoxy) is 2. The number of amides is 3. The second kappa shape index (κ2) is 16.1. The van der Waals surface area contributed by atoms with Crippen molar-refractivity contribution in [3.8, 4) is 11.8 Å². The Bertz CT molecular complexity index is 1760. The fourth-order valence-corrected chi connectivity index (χ4v) is 6.28. The summed E-state index contributed by atoms with van der Waals surface area (Å²) in [6, 6.07) is 15.2. The number of para-hydroxylation sites is 1. The number of anilines is 1. The van der Waals surface area contributed by atoms with E-state index in [1.165, 1.54) is 11.8 Å². The van der Waals surface area contributed by atoms with Crippen molar-refractivity contribution in [1.29, 1.82) is 0 Å². The number of likely N-dealkylation sites (tertiary alicyclic amines) is 1. The molecule has 1 saturated heterocycles. The summed E-state index contributed by atoms with van der Waals surface area (Å²) in [5, 5.41) is 6.30. The first-order chi connectivity index (χ1) is 23.1. The molecule has 1 aliphatic heterocycles. The molecule has 0 unspecified atom stereocenters. The van der Waals surface area contributed by atoms with Gasteiger partial charge in [-0.2, -0.15) is 4.98 Å². The number of hydrogen-bond donors (Lipinski definition) is 2. The highest BCUT2D eigenvalue weighted by molar-refractivity contribution is 6.38. The average molecular weight is 697 g/mol. The number of nitrogens with zero attached hydrogens (tertiary/aromatic N) is 5. The first-order valence-corrected chi connectivity index (χ1v) is 16.5. The van der Waals surface area contributed by atoms with Gasteiger partial charge in [0.05, 0.1) is 42.1 Å². The summed E-state index contributed by atoms with van der Waals surface area (Å²) >= 11 is 13.3. The second-order valence-electron chi connectivity index (χ2n) is 11.6. The van der Waals surface area contributed by atoms with Crippen LogP contribution in [0.4, 0.5) is 5.69 Å². The Morgan fingerprint density at radius 3 is 2.56 bits per heavy atom. The quantitative estimate of drug-likeness (QED) is 0.210. The number of pyridine rings is 1. The van der Waals surface area contributed by atoms with E-state index in [0.29, 0.717) is 46.6 Å². The van der Waals surface area contributed by atoms with Crippen molar-refractivity contribution in [3.05, 3.63) is 76.0 Å². The maximum Gasteiger partial charge on any atom is 0.297 e.